The summed E-state index contributed by atoms with van der Waals surface area (Å²) < 4.78 is -0.669. The van der Waals surface area contributed by atoms with Gasteiger partial charge in [-0.3, -0.25) is 14.4 Å². The van der Waals surface area contributed by atoms with Gasteiger partial charge in [0.2, 0.25) is 11.8 Å². The van der Waals surface area contributed by atoms with Gasteiger partial charge in [-0.05, 0) is 68.9 Å². The van der Waals surface area contributed by atoms with E-state index in [0.29, 0.717) is 19.6 Å². The SMILES string of the molecule is C=CCN(C(=O)[C@@H]1[C@@H]2CCC3(S2)C(C(=O)N(CC=C)c2cc(C)ccc2C)N(CCCCCCO)C(=O)[C@H]13)c1ccccc1. The molecule has 0 radical (unpaired) electrons. The zero-order valence-electron chi connectivity index (χ0n) is 26.0. The summed E-state index contributed by atoms with van der Waals surface area (Å²) in [4.78, 5) is 49.2. The molecule has 3 aliphatic heterocycles. The summed E-state index contributed by atoms with van der Waals surface area (Å²) in [6.45, 7) is 13.1. The Kier molecular flexibility index (Phi) is 10.0. The average molecular weight is 616 g/mol. The number of rotatable bonds is 14. The van der Waals surface area contributed by atoms with Crippen LogP contribution in [0.5, 0.6) is 0 Å². The van der Waals surface area contributed by atoms with Gasteiger partial charge in [-0.15, -0.1) is 24.9 Å². The van der Waals surface area contributed by atoms with E-state index < -0.39 is 22.6 Å². The second kappa shape index (κ2) is 13.7. The standard InChI is InChI=1S/C36H45N3O4S/c1-5-20-37(27-14-10-9-11-15-27)33(41)30-29-18-19-36(44-29)31(30)34(42)39(22-12-7-8-13-23-40)32(36)35(43)38(21-6-2)28-24-25(3)16-17-26(28)4/h5-6,9-11,14-17,24,29-32,40H,1-2,7-8,12-13,18-23H2,3-4H3/t29-,30+,31-,32?,36?/m0/s1. The number of carbonyl (C=O) groups is 3. The van der Waals surface area contributed by atoms with Gasteiger partial charge in [0.25, 0.3) is 5.91 Å². The fourth-order valence-electron chi connectivity index (χ4n) is 7.54. The summed E-state index contributed by atoms with van der Waals surface area (Å²) in [5.74, 6) is -1.32. The number of anilines is 2. The van der Waals surface area contributed by atoms with Crippen molar-refractivity contribution in [2.45, 2.75) is 68.4 Å². The highest BCUT2D eigenvalue weighted by Gasteiger charge is 2.74. The lowest BCUT2D eigenvalue weighted by atomic mass is 9.70. The van der Waals surface area contributed by atoms with Crippen molar-refractivity contribution in [3.63, 3.8) is 0 Å². The van der Waals surface area contributed by atoms with Gasteiger partial charge in [0.1, 0.15) is 6.04 Å². The third-order valence-electron chi connectivity index (χ3n) is 9.51. The van der Waals surface area contributed by atoms with Crippen LogP contribution in [0, 0.1) is 25.7 Å². The molecule has 2 aromatic rings. The first kappa shape index (κ1) is 32.0. The van der Waals surface area contributed by atoms with E-state index in [1.807, 2.05) is 67.3 Å². The number of para-hydroxylation sites is 1. The highest BCUT2D eigenvalue weighted by atomic mass is 32.2. The van der Waals surface area contributed by atoms with Crippen molar-refractivity contribution < 1.29 is 19.5 Å². The van der Waals surface area contributed by atoms with E-state index in [-0.39, 0.29) is 29.6 Å². The van der Waals surface area contributed by atoms with Crippen LogP contribution in [0.3, 0.4) is 0 Å². The van der Waals surface area contributed by atoms with Crippen molar-refractivity contribution in [3.8, 4) is 0 Å². The van der Waals surface area contributed by atoms with Crippen LogP contribution in [0.25, 0.3) is 0 Å². The van der Waals surface area contributed by atoms with Gasteiger partial charge in [0.15, 0.2) is 0 Å². The molecular weight excluding hydrogens is 570 g/mol. The summed E-state index contributed by atoms with van der Waals surface area (Å²) in [6, 6.07) is 15.0. The van der Waals surface area contributed by atoms with Crippen molar-refractivity contribution >= 4 is 40.9 Å². The number of aliphatic hydroxyl groups excluding tert-OH is 1. The molecule has 3 heterocycles. The Morgan fingerprint density at radius 1 is 1.00 bits per heavy atom. The third-order valence-corrected chi connectivity index (χ3v) is 11.5. The Morgan fingerprint density at radius 3 is 2.41 bits per heavy atom. The molecule has 8 heteroatoms. The van der Waals surface area contributed by atoms with Gasteiger partial charge in [0.05, 0.1) is 16.6 Å². The summed E-state index contributed by atoms with van der Waals surface area (Å²) in [5, 5.41) is 9.23. The molecule has 0 aromatic heterocycles. The van der Waals surface area contributed by atoms with E-state index in [0.717, 1.165) is 61.0 Å². The molecule has 3 fully saturated rings. The Hall–Kier alpha value is -3.36. The molecule has 2 bridgehead atoms. The molecule has 0 aliphatic carbocycles. The molecule has 2 unspecified atom stereocenters. The van der Waals surface area contributed by atoms with E-state index in [2.05, 4.69) is 13.2 Å². The monoisotopic (exact) mass is 615 g/mol. The molecule has 3 saturated heterocycles. The maximum atomic E-state index is 14.9. The molecule has 3 aliphatic rings. The molecule has 7 nitrogen and oxygen atoms in total. The van der Waals surface area contributed by atoms with E-state index >= 15 is 0 Å². The van der Waals surface area contributed by atoms with Crippen molar-refractivity contribution in [1.82, 2.24) is 4.90 Å². The quantitative estimate of drug-likeness (QED) is 0.218. The van der Waals surface area contributed by atoms with Crippen LogP contribution in [-0.4, -0.2) is 70.0 Å². The number of aryl methyl sites for hydroxylation is 2. The highest BCUT2D eigenvalue weighted by molar-refractivity contribution is 8.02. The minimum Gasteiger partial charge on any atom is -0.396 e. The summed E-state index contributed by atoms with van der Waals surface area (Å²) in [6.07, 6.45) is 8.15. The molecule has 1 N–H and O–H groups in total. The second-order valence-electron chi connectivity index (χ2n) is 12.3. The Morgan fingerprint density at radius 2 is 1.70 bits per heavy atom. The van der Waals surface area contributed by atoms with E-state index in [9.17, 15) is 19.5 Å². The molecule has 5 atom stereocenters. The highest BCUT2D eigenvalue weighted by Crippen LogP contribution is 2.67. The number of carbonyl (C=O) groups excluding carboxylic acids is 3. The fourth-order valence-corrected chi connectivity index (χ4v) is 9.74. The Labute approximate surface area is 266 Å². The van der Waals surface area contributed by atoms with Gasteiger partial charge < -0.3 is 19.8 Å². The molecule has 5 rings (SSSR count). The van der Waals surface area contributed by atoms with Gasteiger partial charge >= 0.3 is 0 Å². The number of unbranched alkanes of at least 4 members (excludes halogenated alkanes) is 3. The maximum Gasteiger partial charge on any atom is 0.251 e. The van der Waals surface area contributed by atoms with Gasteiger partial charge in [-0.25, -0.2) is 0 Å². The van der Waals surface area contributed by atoms with Crippen LogP contribution in [0.1, 0.15) is 49.7 Å². The minimum absolute atomic E-state index is 0.0250. The maximum absolute atomic E-state index is 14.9. The molecule has 3 amide bonds. The molecule has 0 saturated carbocycles. The van der Waals surface area contributed by atoms with Crippen LogP contribution >= 0.6 is 11.8 Å². The van der Waals surface area contributed by atoms with E-state index in [4.69, 9.17) is 0 Å². The van der Waals surface area contributed by atoms with Crippen LogP contribution in [0.2, 0.25) is 0 Å². The lowest BCUT2D eigenvalue weighted by molar-refractivity contribution is -0.139. The topological polar surface area (TPSA) is 81.2 Å². The molecule has 44 heavy (non-hydrogen) atoms. The number of likely N-dealkylation sites (tertiary alicyclic amines) is 1. The number of hydrogen-bond acceptors (Lipinski definition) is 5. The zero-order valence-corrected chi connectivity index (χ0v) is 26.8. The summed E-state index contributed by atoms with van der Waals surface area (Å²) >= 11 is 1.70. The van der Waals surface area contributed by atoms with Crippen LogP contribution in [-0.2, 0) is 14.4 Å². The number of aliphatic hydroxyl groups is 1. The molecule has 1 spiro atoms. The van der Waals surface area contributed by atoms with Crippen molar-refractivity contribution in [3.05, 3.63) is 85.0 Å². The predicted octanol–water partition coefficient (Wildman–Crippen LogP) is 5.69. The van der Waals surface area contributed by atoms with Crippen molar-refractivity contribution in [1.29, 1.82) is 0 Å². The largest absolute Gasteiger partial charge is 0.396 e. The number of amides is 3. The Balaban J connectivity index is 1.54. The lowest BCUT2D eigenvalue weighted by Gasteiger charge is -2.38. The fraction of sp³-hybridized carbons (Fsp3) is 0.472. The average Bonchev–Trinajstić information content (AvgIpc) is 3.67. The smallest absolute Gasteiger partial charge is 0.251 e. The number of hydrogen-bond donors (Lipinski definition) is 1. The van der Waals surface area contributed by atoms with Gasteiger partial charge in [-0.2, -0.15) is 0 Å². The third kappa shape index (κ3) is 5.74. The first-order chi connectivity index (χ1) is 21.3. The summed E-state index contributed by atoms with van der Waals surface area (Å²) in [7, 11) is 0. The van der Waals surface area contributed by atoms with Crippen LogP contribution in [0.4, 0.5) is 11.4 Å². The van der Waals surface area contributed by atoms with Crippen LogP contribution in [0.15, 0.2) is 73.8 Å². The summed E-state index contributed by atoms with van der Waals surface area (Å²) in [5.41, 5.74) is 3.65. The van der Waals surface area contributed by atoms with Gasteiger partial charge in [0, 0.05) is 42.9 Å². The number of fused-ring (bicyclic) bond motifs is 1. The van der Waals surface area contributed by atoms with Crippen LogP contribution < -0.4 is 9.80 Å². The van der Waals surface area contributed by atoms with E-state index in [1.54, 1.807) is 33.7 Å². The van der Waals surface area contributed by atoms with Crippen molar-refractivity contribution in [2.75, 3.05) is 36.0 Å². The first-order valence-corrected chi connectivity index (χ1v) is 16.7. The Bertz CT molecular complexity index is 1400. The van der Waals surface area contributed by atoms with Crippen molar-refractivity contribution in [2.24, 2.45) is 11.8 Å². The predicted molar refractivity (Wildman–Crippen MR) is 179 cm³/mol. The molecule has 2 aromatic carbocycles. The normalized spacial score (nSPS) is 25.2. The second-order valence-corrected chi connectivity index (χ2v) is 13.9. The number of thioether (sulfide) groups is 1. The number of benzene rings is 2. The lowest BCUT2D eigenvalue weighted by Crippen LogP contribution is -2.55. The molecular formula is C36H45N3O4S. The number of nitrogens with zero attached hydrogens (tertiary/aromatic N) is 3. The minimum atomic E-state index is -0.671. The van der Waals surface area contributed by atoms with E-state index in [1.165, 1.54) is 0 Å². The first-order valence-electron chi connectivity index (χ1n) is 15.8. The zero-order chi connectivity index (χ0) is 31.4. The molecule has 234 valence electrons. The van der Waals surface area contributed by atoms with Gasteiger partial charge in [-0.1, -0.05) is 55.3 Å².